The van der Waals surface area contributed by atoms with Gasteiger partial charge in [-0.3, -0.25) is 9.59 Å². The van der Waals surface area contributed by atoms with E-state index in [-0.39, 0.29) is 18.0 Å². The second-order valence-electron chi connectivity index (χ2n) is 6.99. The standard InChI is InChI=1S/C18H24N2O4/c1-18(2,3)24-17(23)20-10-9-14(11-20)19(4)16(22)15-8-6-5-7-13(15)12-21/h5-8,12,14H,9-11H2,1-4H3/t14-/m0/s1. The van der Waals surface area contributed by atoms with Gasteiger partial charge in [-0.1, -0.05) is 18.2 Å². The summed E-state index contributed by atoms with van der Waals surface area (Å²) in [5.74, 6) is -0.214. The quantitative estimate of drug-likeness (QED) is 0.798. The lowest BCUT2D eigenvalue weighted by molar-refractivity contribution is 0.0279. The highest BCUT2D eigenvalue weighted by atomic mass is 16.6. The van der Waals surface area contributed by atoms with Gasteiger partial charge in [0.2, 0.25) is 0 Å². The lowest BCUT2D eigenvalue weighted by Crippen LogP contribution is -2.41. The molecule has 0 spiro atoms. The first-order valence-corrected chi connectivity index (χ1v) is 8.02. The normalized spacial score (nSPS) is 17.5. The molecule has 130 valence electrons. The van der Waals surface area contributed by atoms with Gasteiger partial charge in [0, 0.05) is 25.7 Å². The molecule has 6 nitrogen and oxygen atoms in total. The van der Waals surface area contributed by atoms with Crippen molar-refractivity contribution < 1.29 is 19.1 Å². The van der Waals surface area contributed by atoms with E-state index < -0.39 is 5.60 Å². The Morgan fingerprint density at radius 1 is 1.29 bits per heavy atom. The molecule has 1 fully saturated rings. The number of carbonyl (C=O) groups excluding carboxylic acids is 3. The van der Waals surface area contributed by atoms with Crippen LogP contribution in [0.2, 0.25) is 0 Å². The second-order valence-corrected chi connectivity index (χ2v) is 6.99. The molecule has 24 heavy (non-hydrogen) atoms. The summed E-state index contributed by atoms with van der Waals surface area (Å²) in [5, 5.41) is 0. The Kier molecular flexibility index (Phi) is 5.26. The fourth-order valence-corrected chi connectivity index (χ4v) is 2.70. The first-order chi connectivity index (χ1) is 11.2. The molecule has 1 saturated heterocycles. The lowest BCUT2D eigenvalue weighted by atomic mass is 10.1. The zero-order valence-electron chi connectivity index (χ0n) is 14.6. The fraction of sp³-hybridized carbons (Fsp3) is 0.500. The molecule has 6 heteroatoms. The average Bonchev–Trinajstić information content (AvgIpc) is 3.02. The topological polar surface area (TPSA) is 66.9 Å². The van der Waals surface area contributed by atoms with Gasteiger partial charge in [-0.2, -0.15) is 0 Å². The van der Waals surface area contributed by atoms with Crippen LogP contribution in [0.3, 0.4) is 0 Å². The molecule has 1 aromatic rings. The number of hydrogen-bond donors (Lipinski definition) is 0. The van der Waals surface area contributed by atoms with E-state index in [9.17, 15) is 14.4 Å². The van der Waals surface area contributed by atoms with E-state index in [1.807, 2.05) is 20.8 Å². The first kappa shape index (κ1) is 18.0. The van der Waals surface area contributed by atoms with Gasteiger partial charge in [0.15, 0.2) is 6.29 Å². The summed E-state index contributed by atoms with van der Waals surface area (Å²) >= 11 is 0. The molecule has 2 amide bonds. The number of carbonyl (C=O) groups is 3. The third-order valence-corrected chi connectivity index (χ3v) is 4.00. The van der Waals surface area contributed by atoms with Crippen molar-refractivity contribution >= 4 is 18.3 Å². The maximum atomic E-state index is 12.6. The minimum atomic E-state index is -0.542. The molecule has 1 atom stereocenters. The highest BCUT2D eigenvalue weighted by Gasteiger charge is 2.33. The number of nitrogens with zero attached hydrogens (tertiary/aromatic N) is 2. The Morgan fingerprint density at radius 2 is 1.96 bits per heavy atom. The molecule has 0 radical (unpaired) electrons. The van der Waals surface area contributed by atoms with Crippen LogP contribution in [0, 0.1) is 0 Å². The molecule has 0 aromatic heterocycles. The van der Waals surface area contributed by atoms with Crippen molar-refractivity contribution in [3.8, 4) is 0 Å². The minimum absolute atomic E-state index is 0.0928. The second kappa shape index (κ2) is 7.03. The van der Waals surface area contributed by atoms with Crippen LogP contribution in [0.4, 0.5) is 4.79 Å². The number of likely N-dealkylation sites (tertiary alicyclic amines) is 1. The van der Waals surface area contributed by atoms with Crippen molar-refractivity contribution in [2.45, 2.75) is 38.8 Å². The largest absolute Gasteiger partial charge is 0.444 e. The molecule has 2 rings (SSSR count). The van der Waals surface area contributed by atoms with Gasteiger partial charge in [0.1, 0.15) is 5.60 Å². The van der Waals surface area contributed by atoms with E-state index in [0.29, 0.717) is 36.9 Å². The molecular weight excluding hydrogens is 308 g/mol. The third kappa shape index (κ3) is 4.13. The van der Waals surface area contributed by atoms with E-state index in [2.05, 4.69) is 0 Å². The molecule has 1 aliphatic rings. The fourth-order valence-electron chi connectivity index (χ4n) is 2.70. The number of aldehydes is 1. The van der Waals surface area contributed by atoms with Crippen LogP contribution < -0.4 is 0 Å². The molecule has 0 aliphatic carbocycles. The highest BCUT2D eigenvalue weighted by molar-refractivity contribution is 6.01. The summed E-state index contributed by atoms with van der Waals surface area (Å²) < 4.78 is 5.37. The zero-order valence-corrected chi connectivity index (χ0v) is 14.6. The number of likely N-dealkylation sites (N-methyl/N-ethyl adjacent to an activating group) is 1. The van der Waals surface area contributed by atoms with Crippen LogP contribution in [0.1, 0.15) is 47.9 Å². The van der Waals surface area contributed by atoms with Crippen molar-refractivity contribution in [3.63, 3.8) is 0 Å². The minimum Gasteiger partial charge on any atom is -0.444 e. The summed E-state index contributed by atoms with van der Waals surface area (Å²) in [5.41, 5.74) is 0.210. The van der Waals surface area contributed by atoms with E-state index in [1.165, 1.54) is 0 Å². The van der Waals surface area contributed by atoms with Gasteiger partial charge in [-0.25, -0.2) is 4.79 Å². The van der Waals surface area contributed by atoms with Gasteiger partial charge in [0.25, 0.3) is 5.91 Å². The average molecular weight is 332 g/mol. The molecule has 1 aliphatic heterocycles. The van der Waals surface area contributed by atoms with E-state index in [1.54, 1.807) is 41.1 Å². The molecule has 0 unspecified atom stereocenters. The SMILES string of the molecule is CN(C(=O)c1ccccc1C=O)[C@H]1CCN(C(=O)OC(C)(C)C)C1. The number of amides is 2. The van der Waals surface area contributed by atoms with Gasteiger partial charge in [0.05, 0.1) is 11.6 Å². The summed E-state index contributed by atoms with van der Waals surface area (Å²) in [4.78, 5) is 39.1. The Balaban J connectivity index is 2.04. The van der Waals surface area contributed by atoms with Crippen LogP contribution >= 0.6 is 0 Å². The zero-order chi connectivity index (χ0) is 17.9. The summed E-state index contributed by atoms with van der Waals surface area (Å²) in [6, 6.07) is 6.62. The molecular formula is C18H24N2O4. The number of ether oxygens (including phenoxy) is 1. The van der Waals surface area contributed by atoms with Crippen molar-refractivity contribution in [3.05, 3.63) is 35.4 Å². The Morgan fingerprint density at radius 3 is 2.58 bits per heavy atom. The van der Waals surface area contributed by atoms with Crippen molar-refractivity contribution in [1.29, 1.82) is 0 Å². The van der Waals surface area contributed by atoms with E-state index in [4.69, 9.17) is 4.74 Å². The summed E-state index contributed by atoms with van der Waals surface area (Å²) in [6.07, 6.45) is 1.01. The van der Waals surface area contributed by atoms with Gasteiger partial charge in [-0.15, -0.1) is 0 Å². The predicted molar refractivity (Wildman–Crippen MR) is 90.1 cm³/mol. The Bertz CT molecular complexity index is 636. The lowest BCUT2D eigenvalue weighted by Gasteiger charge is -2.27. The molecule has 0 bridgehead atoms. The summed E-state index contributed by atoms with van der Waals surface area (Å²) in [6.45, 7) is 6.45. The number of hydrogen-bond acceptors (Lipinski definition) is 4. The Labute approximate surface area is 142 Å². The van der Waals surface area contributed by atoms with E-state index in [0.717, 1.165) is 0 Å². The monoisotopic (exact) mass is 332 g/mol. The van der Waals surface area contributed by atoms with Crippen LogP contribution in [-0.2, 0) is 4.74 Å². The van der Waals surface area contributed by atoms with Crippen LogP contribution in [0.25, 0.3) is 0 Å². The van der Waals surface area contributed by atoms with Crippen LogP contribution in [-0.4, -0.2) is 59.9 Å². The molecule has 0 N–H and O–H groups in total. The van der Waals surface area contributed by atoms with E-state index >= 15 is 0 Å². The molecule has 1 aromatic carbocycles. The van der Waals surface area contributed by atoms with Crippen molar-refractivity contribution in [2.24, 2.45) is 0 Å². The maximum Gasteiger partial charge on any atom is 0.410 e. The van der Waals surface area contributed by atoms with Crippen molar-refractivity contribution in [1.82, 2.24) is 9.80 Å². The van der Waals surface area contributed by atoms with Gasteiger partial charge >= 0.3 is 6.09 Å². The van der Waals surface area contributed by atoms with Crippen molar-refractivity contribution in [2.75, 3.05) is 20.1 Å². The summed E-state index contributed by atoms with van der Waals surface area (Å²) in [7, 11) is 1.70. The van der Waals surface area contributed by atoms with Gasteiger partial charge in [-0.05, 0) is 33.3 Å². The predicted octanol–water partition coefficient (Wildman–Crippen LogP) is 2.58. The highest BCUT2D eigenvalue weighted by Crippen LogP contribution is 2.20. The Hall–Kier alpha value is -2.37. The third-order valence-electron chi connectivity index (χ3n) is 4.00. The smallest absolute Gasteiger partial charge is 0.410 e. The van der Waals surface area contributed by atoms with Gasteiger partial charge < -0.3 is 14.5 Å². The number of benzene rings is 1. The van der Waals surface area contributed by atoms with Crippen LogP contribution in [0.5, 0.6) is 0 Å². The maximum absolute atomic E-state index is 12.6. The first-order valence-electron chi connectivity index (χ1n) is 8.02. The van der Waals surface area contributed by atoms with Crippen LogP contribution in [0.15, 0.2) is 24.3 Å². The number of rotatable bonds is 3. The molecule has 1 heterocycles. The molecule has 0 saturated carbocycles.